The van der Waals surface area contributed by atoms with Crippen LogP contribution in [0.4, 0.5) is 0 Å². The Morgan fingerprint density at radius 3 is 2.33 bits per heavy atom. The van der Waals surface area contributed by atoms with Crippen molar-refractivity contribution in [3.8, 4) is 11.3 Å². The van der Waals surface area contributed by atoms with Gasteiger partial charge in [-0.05, 0) is 25.1 Å². The van der Waals surface area contributed by atoms with Crippen molar-refractivity contribution >= 4 is 9.84 Å². The minimum atomic E-state index is -3.14. The second-order valence-electron chi connectivity index (χ2n) is 3.92. The van der Waals surface area contributed by atoms with E-state index < -0.39 is 9.84 Å². The summed E-state index contributed by atoms with van der Waals surface area (Å²) < 4.78 is 23.4. The lowest BCUT2D eigenvalue weighted by molar-refractivity contribution is 0.597. The molecule has 0 saturated carbocycles. The molecule has 4 nitrogen and oxygen atoms in total. The second-order valence-corrected chi connectivity index (χ2v) is 6.20. The van der Waals surface area contributed by atoms with Crippen LogP contribution >= 0.6 is 0 Å². The second kappa shape index (κ2) is 4.86. The van der Waals surface area contributed by atoms with Crippen molar-refractivity contribution < 1.29 is 8.42 Å². The predicted octanol–water partition coefficient (Wildman–Crippen LogP) is 2.25. The molecule has 0 aliphatic rings. The van der Waals surface area contributed by atoms with Crippen molar-refractivity contribution in [2.75, 3.05) is 5.75 Å². The summed E-state index contributed by atoms with van der Waals surface area (Å²) in [6, 6.07) is 8.57. The summed E-state index contributed by atoms with van der Waals surface area (Å²) in [6.45, 7) is 3.45. The number of hydrogen-bond acceptors (Lipinski definition) is 4. The van der Waals surface area contributed by atoms with Crippen LogP contribution in [0.15, 0.2) is 41.4 Å². The standard InChI is InChI=1S/C13H14N2O2S/c1-3-18(16,17)12-6-4-11(5-7-12)13-8-9-14-10(2)15-13/h4-9H,3H2,1-2H3. The van der Waals surface area contributed by atoms with Crippen molar-refractivity contribution in [3.05, 3.63) is 42.4 Å². The van der Waals surface area contributed by atoms with E-state index in [1.54, 1.807) is 43.5 Å². The Morgan fingerprint density at radius 2 is 1.78 bits per heavy atom. The van der Waals surface area contributed by atoms with Gasteiger partial charge in [-0.1, -0.05) is 19.1 Å². The average molecular weight is 262 g/mol. The minimum Gasteiger partial charge on any atom is -0.242 e. The zero-order valence-corrected chi connectivity index (χ0v) is 11.1. The van der Waals surface area contributed by atoms with Crippen molar-refractivity contribution in [2.24, 2.45) is 0 Å². The van der Waals surface area contributed by atoms with Crippen LogP contribution in [0.5, 0.6) is 0 Å². The van der Waals surface area contributed by atoms with Crippen molar-refractivity contribution in [1.82, 2.24) is 9.97 Å². The quantitative estimate of drug-likeness (QED) is 0.851. The third-order valence-electron chi connectivity index (χ3n) is 2.67. The number of rotatable bonds is 3. The van der Waals surface area contributed by atoms with Gasteiger partial charge in [0.25, 0.3) is 0 Å². The summed E-state index contributed by atoms with van der Waals surface area (Å²) in [5.41, 5.74) is 1.68. The van der Waals surface area contributed by atoms with E-state index in [9.17, 15) is 8.42 Å². The maximum absolute atomic E-state index is 11.7. The molecule has 0 fully saturated rings. The first-order valence-electron chi connectivity index (χ1n) is 5.66. The SMILES string of the molecule is CCS(=O)(=O)c1ccc(-c2ccnc(C)n2)cc1. The maximum atomic E-state index is 11.7. The maximum Gasteiger partial charge on any atom is 0.178 e. The Hall–Kier alpha value is -1.75. The van der Waals surface area contributed by atoms with Gasteiger partial charge < -0.3 is 0 Å². The summed E-state index contributed by atoms with van der Waals surface area (Å²) in [5.74, 6) is 0.802. The summed E-state index contributed by atoms with van der Waals surface area (Å²) >= 11 is 0. The van der Waals surface area contributed by atoms with Crippen LogP contribution < -0.4 is 0 Å². The first kappa shape index (κ1) is 12.7. The molecule has 0 aliphatic heterocycles. The molecule has 0 atom stereocenters. The molecule has 0 saturated heterocycles. The highest BCUT2D eigenvalue weighted by Gasteiger charge is 2.11. The van der Waals surface area contributed by atoms with Crippen LogP contribution in [0.1, 0.15) is 12.7 Å². The molecule has 0 N–H and O–H groups in total. The van der Waals surface area contributed by atoms with Gasteiger partial charge in [-0.2, -0.15) is 0 Å². The summed E-state index contributed by atoms with van der Waals surface area (Å²) in [7, 11) is -3.14. The fourth-order valence-electron chi connectivity index (χ4n) is 1.62. The topological polar surface area (TPSA) is 59.9 Å². The number of hydrogen-bond donors (Lipinski definition) is 0. The molecular formula is C13H14N2O2S. The zero-order valence-electron chi connectivity index (χ0n) is 10.3. The Labute approximate surface area is 107 Å². The van der Waals surface area contributed by atoms with Crippen molar-refractivity contribution in [1.29, 1.82) is 0 Å². The Balaban J connectivity index is 2.40. The molecule has 18 heavy (non-hydrogen) atoms. The summed E-state index contributed by atoms with van der Waals surface area (Å²) in [5, 5.41) is 0. The van der Waals surface area contributed by atoms with Gasteiger partial charge in [0.05, 0.1) is 16.3 Å². The smallest absolute Gasteiger partial charge is 0.178 e. The largest absolute Gasteiger partial charge is 0.242 e. The van der Waals surface area contributed by atoms with E-state index >= 15 is 0 Å². The number of sulfone groups is 1. The minimum absolute atomic E-state index is 0.110. The van der Waals surface area contributed by atoms with Crippen molar-refractivity contribution in [2.45, 2.75) is 18.7 Å². The fraction of sp³-hybridized carbons (Fsp3) is 0.231. The molecule has 0 aliphatic carbocycles. The van der Waals surface area contributed by atoms with Crippen LogP contribution in [0.2, 0.25) is 0 Å². The van der Waals surface area contributed by atoms with E-state index in [4.69, 9.17) is 0 Å². The van der Waals surface area contributed by atoms with Gasteiger partial charge in [-0.3, -0.25) is 0 Å². The molecule has 0 amide bonds. The van der Waals surface area contributed by atoms with Gasteiger partial charge in [0.15, 0.2) is 9.84 Å². The van der Waals surface area contributed by atoms with E-state index in [1.807, 2.05) is 6.92 Å². The third kappa shape index (κ3) is 2.56. The molecule has 1 heterocycles. The molecule has 0 bridgehead atoms. The number of nitrogens with zero attached hydrogens (tertiary/aromatic N) is 2. The molecule has 5 heteroatoms. The first-order chi connectivity index (χ1) is 8.53. The lowest BCUT2D eigenvalue weighted by Crippen LogP contribution is -2.03. The van der Waals surface area contributed by atoms with Crippen molar-refractivity contribution in [3.63, 3.8) is 0 Å². The van der Waals surface area contributed by atoms with Gasteiger partial charge in [0.2, 0.25) is 0 Å². The van der Waals surface area contributed by atoms with E-state index in [1.165, 1.54) is 0 Å². The molecule has 2 rings (SSSR count). The fourth-order valence-corrected chi connectivity index (χ4v) is 2.50. The Morgan fingerprint density at radius 1 is 1.11 bits per heavy atom. The Kier molecular flexibility index (Phi) is 3.43. The number of benzene rings is 1. The van der Waals surface area contributed by atoms with Crippen LogP contribution in [0.25, 0.3) is 11.3 Å². The lowest BCUT2D eigenvalue weighted by atomic mass is 10.1. The van der Waals surface area contributed by atoms with Gasteiger partial charge in [0.1, 0.15) is 5.82 Å². The van der Waals surface area contributed by atoms with Gasteiger partial charge >= 0.3 is 0 Å². The third-order valence-corrected chi connectivity index (χ3v) is 4.42. The molecule has 0 spiro atoms. The highest BCUT2D eigenvalue weighted by molar-refractivity contribution is 7.91. The van der Waals surface area contributed by atoms with Crippen LogP contribution in [-0.4, -0.2) is 24.1 Å². The average Bonchev–Trinajstić information content (AvgIpc) is 2.39. The molecule has 1 aromatic carbocycles. The molecule has 94 valence electrons. The number of aromatic nitrogens is 2. The summed E-state index contributed by atoms with van der Waals surface area (Å²) in [4.78, 5) is 8.67. The van der Waals surface area contributed by atoms with Gasteiger partial charge in [0, 0.05) is 11.8 Å². The van der Waals surface area contributed by atoms with Gasteiger partial charge in [-0.25, -0.2) is 18.4 Å². The van der Waals surface area contributed by atoms with E-state index in [0.717, 1.165) is 11.3 Å². The molecule has 0 radical (unpaired) electrons. The molecular weight excluding hydrogens is 248 g/mol. The van der Waals surface area contributed by atoms with Crippen LogP contribution in [0, 0.1) is 6.92 Å². The van der Waals surface area contributed by atoms with E-state index in [-0.39, 0.29) is 5.75 Å². The lowest BCUT2D eigenvalue weighted by Gasteiger charge is -2.04. The van der Waals surface area contributed by atoms with Crippen LogP contribution in [-0.2, 0) is 9.84 Å². The van der Waals surface area contributed by atoms with Gasteiger partial charge in [-0.15, -0.1) is 0 Å². The first-order valence-corrected chi connectivity index (χ1v) is 7.31. The molecule has 0 unspecified atom stereocenters. The predicted molar refractivity (Wildman–Crippen MR) is 69.9 cm³/mol. The van der Waals surface area contributed by atoms with E-state index in [0.29, 0.717) is 10.7 Å². The van der Waals surface area contributed by atoms with Crippen LogP contribution in [0.3, 0.4) is 0 Å². The normalized spacial score (nSPS) is 11.4. The zero-order chi connectivity index (χ0) is 13.2. The highest BCUT2D eigenvalue weighted by Crippen LogP contribution is 2.19. The molecule has 1 aromatic heterocycles. The summed E-state index contributed by atoms with van der Waals surface area (Å²) in [6.07, 6.45) is 1.69. The highest BCUT2D eigenvalue weighted by atomic mass is 32.2. The number of aryl methyl sites for hydroxylation is 1. The van der Waals surface area contributed by atoms with E-state index in [2.05, 4.69) is 9.97 Å². The Bertz CT molecular complexity index is 649. The molecule has 2 aromatic rings. The monoisotopic (exact) mass is 262 g/mol.